The Bertz CT molecular complexity index is 638. The van der Waals surface area contributed by atoms with Gasteiger partial charge in [0.05, 0.1) is 10.6 Å². The molecule has 0 aliphatic heterocycles. The average Bonchev–Trinajstić information content (AvgIpc) is 2.45. The van der Waals surface area contributed by atoms with Crippen LogP contribution >= 0.6 is 0 Å². The van der Waals surface area contributed by atoms with Crippen molar-refractivity contribution in [2.24, 2.45) is 11.8 Å². The Labute approximate surface area is 134 Å². The van der Waals surface area contributed by atoms with Crippen molar-refractivity contribution in [2.75, 3.05) is 5.75 Å². The maximum atomic E-state index is 12.8. The highest BCUT2D eigenvalue weighted by Crippen LogP contribution is 2.30. The van der Waals surface area contributed by atoms with Gasteiger partial charge in [-0.05, 0) is 37.8 Å². The predicted octanol–water partition coefficient (Wildman–Crippen LogP) is 4.19. The van der Waals surface area contributed by atoms with E-state index in [4.69, 9.17) is 0 Å². The van der Waals surface area contributed by atoms with Crippen LogP contribution in [0.3, 0.4) is 0 Å². The van der Waals surface area contributed by atoms with Crippen molar-refractivity contribution in [1.29, 1.82) is 0 Å². The summed E-state index contributed by atoms with van der Waals surface area (Å²) in [5.41, 5.74) is 1.34. The maximum Gasteiger partial charge on any atom is 0.179 e. The summed E-state index contributed by atoms with van der Waals surface area (Å²) in [6, 6.07) is 5.15. The molecule has 1 aliphatic carbocycles. The van der Waals surface area contributed by atoms with Gasteiger partial charge in [-0.1, -0.05) is 44.7 Å². The number of carbonyl (C=O) groups is 1. The minimum Gasteiger partial charge on any atom is -0.294 e. The molecule has 0 spiro atoms. The minimum absolute atomic E-state index is 0.0106. The highest BCUT2D eigenvalue weighted by molar-refractivity contribution is 7.91. The van der Waals surface area contributed by atoms with E-state index in [0.717, 1.165) is 31.2 Å². The zero-order chi connectivity index (χ0) is 16.3. The molecule has 0 N–H and O–H groups in total. The van der Waals surface area contributed by atoms with Crippen molar-refractivity contribution >= 4 is 15.6 Å². The fraction of sp³-hybridized carbons (Fsp3) is 0.611. The SMILES string of the molecule is Cc1ccc(S(=O)(=O)CC(C)C)c(C(=O)C2CCCCC2)c1. The quantitative estimate of drug-likeness (QED) is 0.764. The molecular weight excluding hydrogens is 296 g/mol. The number of Topliss-reactive ketones (excluding diaryl/α,β-unsaturated/α-hetero) is 1. The Kier molecular flexibility index (Phi) is 5.43. The van der Waals surface area contributed by atoms with E-state index in [2.05, 4.69) is 0 Å². The number of aryl methyl sites for hydroxylation is 1. The van der Waals surface area contributed by atoms with Gasteiger partial charge >= 0.3 is 0 Å². The van der Waals surface area contributed by atoms with Crippen molar-refractivity contribution in [3.8, 4) is 0 Å². The molecule has 0 unspecified atom stereocenters. The Balaban J connectivity index is 2.41. The van der Waals surface area contributed by atoms with Crippen LogP contribution in [0.25, 0.3) is 0 Å². The molecule has 4 heteroatoms. The summed E-state index contributed by atoms with van der Waals surface area (Å²) < 4.78 is 25.2. The normalized spacial score (nSPS) is 16.9. The fourth-order valence-electron chi connectivity index (χ4n) is 3.22. The Morgan fingerprint density at radius 3 is 2.41 bits per heavy atom. The number of hydrogen-bond donors (Lipinski definition) is 0. The standard InChI is InChI=1S/C18H26O3S/c1-13(2)12-22(20,21)17-10-9-14(3)11-16(17)18(19)15-7-5-4-6-8-15/h9-11,13,15H,4-8,12H2,1-3H3. The van der Waals surface area contributed by atoms with Crippen molar-refractivity contribution in [1.82, 2.24) is 0 Å². The minimum atomic E-state index is -3.41. The third kappa shape index (κ3) is 3.97. The molecule has 0 bridgehead atoms. The number of rotatable bonds is 5. The number of hydrogen-bond acceptors (Lipinski definition) is 3. The maximum absolute atomic E-state index is 12.8. The van der Waals surface area contributed by atoms with Crippen LogP contribution in [-0.4, -0.2) is 20.0 Å². The second-order valence-electron chi connectivity index (χ2n) is 6.87. The van der Waals surface area contributed by atoms with Crippen LogP contribution in [0, 0.1) is 18.8 Å². The van der Waals surface area contributed by atoms with Gasteiger partial charge in [-0.15, -0.1) is 0 Å². The van der Waals surface area contributed by atoms with E-state index in [1.165, 1.54) is 6.42 Å². The highest BCUT2D eigenvalue weighted by Gasteiger charge is 2.28. The van der Waals surface area contributed by atoms with Crippen molar-refractivity contribution < 1.29 is 13.2 Å². The van der Waals surface area contributed by atoms with Gasteiger partial charge in [0.1, 0.15) is 0 Å². The summed E-state index contributed by atoms with van der Waals surface area (Å²) in [5.74, 6) is 0.138. The number of sulfone groups is 1. The number of carbonyl (C=O) groups excluding carboxylic acids is 1. The molecule has 3 nitrogen and oxygen atoms in total. The molecule has 0 radical (unpaired) electrons. The van der Waals surface area contributed by atoms with Crippen LogP contribution in [0.1, 0.15) is 61.9 Å². The molecular formula is C18H26O3S. The van der Waals surface area contributed by atoms with E-state index < -0.39 is 9.84 Å². The molecule has 1 aromatic rings. The van der Waals surface area contributed by atoms with E-state index in [1.807, 2.05) is 20.8 Å². The Morgan fingerprint density at radius 2 is 1.82 bits per heavy atom. The second kappa shape index (κ2) is 6.95. The zero-order valence-corrected chi connectivity index (χ0v) is 14.6. The topological polar surface area (TPSA) is 51.2 Å². The highest BCUT2D eigenvalue weighted by atomic mass is 32.2. The van der Waals surface area contributed by atoms with Crippen LogP contribution in [0.5, 0.6) is 0 Å². The lowest BCUT2D eigenvalue weighted by Gasteiger charge is -2.22. The van der Waals surface area contributed by atoms with Gasteiger partial charge in [-0.25, -0.2) is 8.42 Å². The first-order valence-corrected chi connectivity index (χ1v) is 9.84. The lowest BCUT2D eigenvalue weighted by molar-refractivity contribution is 0.0886. The molecule has 1 saturated carbocycles. The molecule has 2 rings (SSSR count). The smallest absolute Gasteiger partial charge is 0.179 e. The molecule has 0 aromatic heterocycles. The molecule has 1 aromatic carbocycles. The van der Waals surface area contributed by atoms with E-state index in [-0.39, 0.29) is 28.3 Å². The molecule has 1 aliphatic rings. The summed E-state index contributed by atoms with van der Waals surface area (Å²) in [7, 11) is -3.41. The lowest BCUT2D eigenvalue weighted by Crippen LogP contribution is -2.22. The Morgan fingerprint density at radius 1 is 1.18 bits per heavy atom. The first kappa shape index (κ1) is 17.2. The second-order valence-corrected chi connectivity index (χ2v) is 8.88. The number of benzene rings is 1. The molecule has 0 saturated heterocycles. The lowest BCUT2D eigenvalue weighted by atomic mass is 9.83. The van der Waals surface area contributed by atoms with E-state index >= 15 is 0 Å². The summed E-state index contributed by atoms with van der Waals surface area (Å²) >= 11 is 0. The third-order valence-corrected chi connectivity index (χ3v) is 6.40. The molecule has 0 heterocycles. The first-order valence-electron chi connectivity index (χ1n) is 8.19. The molecule has 122 valence electrons. The first-order chi connectivity index (χ1) is 10.3. The number of ketones is 1. The monoisotopic (exact) mass is 322 g/mol. The van der Waals surface area contributed by atoms with Gasteiger partial charge in [0, 0.05) is 11.5 Å². The van der Waals surface area contributed by atoms with Crippen LogP contribution in [-0.2, 0) is 9.84 Å². The average molecular weight is 322 g/mol. The Hall–Kier alpha value is -1.16. The van der Waals surface area contributed by atoms with Crippen LogP contribution in [0.4, 0.5) is 0 Å². The van der Waals surface area contributed by atoms with Crippen LogP contribution in [0.15, 0.2) is 23.1 Å². The molecule has 0 atom stereocenters. The van der Waals surface area contributed by atoms with Gasteiger partial charge in [0.25, 0.3) is 0 Å². The predicted molar refractivity (Wildman–Crippen MR) is 89.0 cm³/mol. The van der Waals surface area contributed by atoms with E-state index in [0.29, 0.717) is 5.56 Å². The van der Waals surface area contributed by atoms with E-state index in [1.54, 1.807) is 18.2 Å². The van der Waals surface area contributed by atoms with Crippen molar-refractivity contribution in [3.63, 3.8) is 0 Å². The summed E-state index contributed by atoms with van der Waals surface area (Å²) in [6.45, 7) is 5.67. The molecule has 22 heavy (non-hydrogen) atoms. The fourth-order valence-corrected chi connectivity index (χ4v) is 5.05. The third-order valence-electron chi connectivity index (χ3n) is 4.26. The largest absolute Gasteiger partial charge is 0.294 e. The summed E-state index contributed by atoms with van der Waals surface area (Å²) in [4.78, 5) is 13.1. The van der Waals surface area contributed by atoms with Gasteiger partial charge < -0.3 is 0 Å². The summed E-state index contributed by atoms with van der Waals surface area (Å²) in [6.07, 6.45) is 5.08. The van der Waals surface area contributed by atoms with Crippen molar-refractivity contribution in [2.45, 2.75) is 57.8 Å². The van der Waals surface area contributed by atoms with Gasteiger partial charge in [-0.3, -0.25) is 4.79 Å². The van der Waals surface area contributed by atoms with Crippen LogP contribution in [0.2, 0.25) is 0 Å². The molecule has 0 amide bonds. The van der Waals surface area contributed by atoms with E-state index in [9.17, 15) is 13.2 Å². The summed E-state index contributed by atoms with van der Waals surface area (Å²) in [5, 5.41) is 0. The zero-order valence-electron chi connectivity index (χ0n) is 13.8. The van der Waals surface area contributed by atoms with Crippen LogP contribution < -0.4 is 0 Å². The van der Waals surface area contributed by atoms with Gasteiger partial charge in [-0.2, -0.15) is 0 Å². The van der Waals surface area contributed by atoms with Gasteiger partial charge in [0.15, 0.2) is 15.6 Å². The van der Waals surface area contributed by atoms with Crippen molar-refractivity contribution in [3.05, 3.63) is 29.3 Å². The van der Waals surface area contributed by atoms with Gasteiger partial charge in [0.2, 0.25) is 0 Å². The molecule has 1 fully saturated rings.